The summed E-state index contributed by atoms with van der Waals surface area (Å²) in [6, 6.07) is 22.9. The third-order valence-electron chi connectivity index (χ3n) is 7.71. The Morgan fingerprint density at radius 2 is 1.24 bits per heavy atom. The van der Waals surface area contributed by atoms with E-state index in [1.165, 1.54) is 24.3 Å². The predicted molar refractivity (Wildman–Crippen MR) is 195 cm³/mol. The number of nitrogens with one attached hydrogen (secondary N) is 2. The first-order chi connectivity index (χ1) is 24.3. The van der Waals surface area contributed by atoms with E-state index in [2.05, 4.69) is 21.1 Å². The molecule has 0 spiro atoms. The van der Waals surface area contributed by atoms with E-state index in [0.717, 1.165) is 29.0 Å². The van der Waals surface area contributed by atoms with Gasteiger partial charge < -0.3 is 5.73 Å². The van der Waals surface area contributed by atoms with E-state index in [9.17, 15) is 35.5 Å². The Bertz CT molecular complexity index is 2450. The summed E-state index contributed by atoms with van der Waals surface area (Å²) in [5.74, 6) is -1.02. The molecule has 15 heteroatoms. The number of carbonyl (C=O) groups excluding carboxylic acids is 2. The summed E-state index contributed by atoms with van der Waals surface area (Å²) in [5, 5.41) is 8.36. The minimum atomic E-state index is -5.00. The van der Waals surface area contributed by atoms with Gasteiger partial charge in [-0.25, -0.2) is 0 Å². The van der Waals surface area contributed by atoms with Crippen LogP contribution in [0.3, 0.4) is 0 Å². The molecular formula is C36H27N5O8S2. The van der Waals surface area contributed by atoms with E-state index in [1.807, 2.05) is 24.3 Å². The standard InChI is InChI=1S/C36H27N5O8S2/c37-34-33-25(20-31(50(44,45)46)30(36(33)43)19-6-22-4-2-1-3-5-22)21-32(51(47,48)49)35(34)41-40-27-13-9-24(10-14-27)23-7-11-26(12-8-23)38-39-28-15-17-29(42)18-16-28/h1-21,38,40H,37H2,(H,44,45,46)(H,47,48,49). The van der Waals surface area contributed by atoms with Gasteiger partial charge in [0.1, 0.15) is 15.5 Å². The van der Waals surface area contributed by atoms with Crippen LogP contribution in [-0.2, 0) is 29.8 Å². The first-order valence-electron chi connectivity index (χ1n) is 15.0. The third-order valence-corrected chi connectivity index (χ3v) is 9.47. The van der Waals surface area contributed by atoms with Crippen LogP contribution in [0.1, 0.15) is 5.56 Å². The summed E-state index contributed by atoms with van der Waals surface area (Å²) in [6.07, 6.45) is 10.5. The van der Waals surface area contributed by atoms with Gasteiger partial charge in [-0.05, 0) is 89.1 Å². The number of allylic oxidation sites excluding steroid dienone is 11. The average Bonchev–Trinajstić information content (AvgIpc) is 3.10. The molecule has 6 rings (SSSR count). The molecule has 0 atom stereocenters. The number of hydrazone groups is 2. The predicted octanol–water partition coefficient (Wildman–Crippen LogP) is 4.95. The highest BCUT2D eigenvalue weighted by molar-refractivity contribution is 7.91. The molecule has 13 nitrogen and oxygen atoms in total. The third kappa shape index (κ3) is 7.82. The van der Waals surface area contributed by atoms with Crippen molar-refractivity contribution in [1.82, 2.24) is 0 Å². The minimum Gasteiger partial charge on any atom is -0.396 e. The van der Waals surface area contributed by atoms with E-state index in [-0.39, 0.29) is 16.9 Å². The average molecular weight is 722 g/mol. The van der Waals surface area contributed by atoms with Gasteiger partial charge in [0.2, 0.25) is 0 Å². The molecule has 0 amide bonds. The van der Waals surface area contributed by atoms with Crippen LogP contribution < -0.4 is 16.6 Å². The number of benzene rings is 3. The molecule has 0 heterocycles. The highest BCUT2D eigenvalue weighted by Crippen LogP contribution is 2.37. The number of Topliss-reactive ketones (excluding diaryl/α,β-unsaturated/α-hetero) is 1. The highest BCUT2D eigenvalue weighted by atomic mass is 32.2. The Hall–Kier alpha value is -6.26. The largest absolute Gasteiger partial charge is 0.396 e. The van der Waals surface area contributed by atoms with Crippen LogP contribution in [-0.4, -0.2) is 48.9 Å². The van der Waals surface area contributed by atoms with Gasteiger partial charge in [0.05, 0.1) is 28.4 Å². The van der Waals surface area contributed by atoms with Crippen LogP contribution in [0.5, 0.6) is 0 Å². The summed E-state index contributed by atoms with van der Waals surface area (Å²) in [6.45, 7) is 0. The zero-order valence-electron chi connectivity index (χ0n) is 26.3. The van der Waals surface area contributed by atoms with Gasteiger partial charge in [-0.1, -0.05) is 60.7 Å². The summed E-state index contributed by atoms with van der Waals surface area (Å²) in [4.78, 5) is 23.4. The van der Waals surface area contributed by atoms with Crippen molar-refractivity contribution in [3.8, 4) is 11.1 Å². The lowest BCUT2D eigenvalue weighted by Gasteiger charge is -2.24. The van der Waals surface area contributed by atoms with Gasteiger partial charge in [-0.2, -0.15) is 27.0 Å². The van der Waals surface area contributed by atoms with Crippen molar-refractivity contribution in [1.29, 1.82) is 0 Å². The number of anilines is 2. The molecule has 0 saturated heterocycles. The fraction of sp³-hybridized carbons (Fsp3) is 0. The van der Waals surface area contributed by atoms with Gasteiger partial charge in [0.25, 0.3) is 20.2 Å². The zero-order chi connectivity index (χ0) is 36.3. The number of nitrogens with two attached hydrogens (primary N) is 1. The Morgan fingerprint density at radius 1 is 0.667 bits per heavy atom. The van der Waals surface area contributed by atoms with Crippen molar-refractivity contribution in [3.63, 3.8) is 0 Å². The molecule has 0 unspecified atom stereocenters. The van der Waals surface area contributed by atoms with Crippen LogP contribution in [0.15, 0.2) is 164 Å². The Morgan fingerprint density at radius 3 is 1.78 bits per heavy atom. The number of carbonyl (C=O) groups is 2. The molecule has 0 bridgehead atoms. The summed E-state index contributed by atoms with van der Waals surface area (Å²) >= 11 is 0. The second kappa shape index (κ2) is 13.9. The van der Waals surface area contributed by atoms with Gasteiger partial charge in [-0.3, -0.25) is 29.5 Å². The maximum atomic E-state index is 13.7. The number of nitrogens with zero attached hydrogens (tertiary/aromatic N) is 2. The molecule has 0 aliphatic heterocycles. The molecule has 3 aliphatic rings. The van der Waals surface area contributed by atoms with E-state index in [4.69, 9.17) is 5.73 Å². The van der Waals surface area contributed by atoms with Crippen molar-refractivity contribution in [2.45, 2.75) is 0 Å². The first kappa shape index (κ1) is 34.6. The van der Waals surface area contributed by atoms with Crippen molar-refractivity contribution < 1.29 is 35.5 Å². The van der Waals surface area contributed by atoms with E-state index in [1.54, 1.807) is 66.7 Å². The van der Waals surface area contributed by atoms with Crippen LogP contribution in [0, 0.1) is 0 Å². The van der Waals surface area contributed by atoms with E-state index < -0.39 is 52.8 Å². The topological polar surface area (TPSA) is 218 Å². The lowest BCUT2D eigenvalue weighted by atomic mass is 9.85. The van der Waals surface area contributed by atoms with Gasteiger partial charge >= 0.3 is 0 Å². The lowest BCUT2D eigenvalue weighted by Crippen LogP contribution is -2.31. The Kier molecular flexibility index (Phi) is 9.45. The monoisotopic (exact) mass is 721 g/mol. The number of hydrogen-bond acceptors (Lipinski definition) is 11. The van der Waals surface area contributed by atoms with Crippen molar-refractivity contribution in [3.05, 3.63) is 159 Å². The van der Waals surface area contributed by atoms with E-state index in [0.29, 0.717) is 17.0 Å². The maximum Gasteiger partial charge on any atom is 0.296 e. The molecule has 0 aromatic heterocycles. The summed E-state index contributed by atoms with van der Waals surface area (Å²) in [7, 11) is -9.97. The molecule has 51 heavy (non-hydrogen) atoms. The highest BCUT2D eigenvalue weighted by Gasteiger charge is 2.38. The lowest BCUT2D eigenvalue weighted by molar-refractivity contribution is -0.112. The van der Waals surface area contributed by atoms with Gasteiger partial charge in [0, 0.05) is 5.57 Å². The van der Waals surface area contributed by atoms with Gasteiger partial charge in [0.15, 0.2) is 11.6 Å². The molecule has 256 valence electrons. The van der Waals surface area contributed by atoms with Crippen LogP contribution in [0.25, 0.3) is 17.2 Å². The molecule has 0 saturated carbocycles. The second-order valence-corrected chi connectivity index (χ2v) is 13.9. The molecule has 6 N–H and O–H groups in total. The SMILES string of the molecule is NC1=C2C(=O)C(C=Cc3ccccc3)=C(S(=O)(=O)O)C=C2C=C(S(=O)(=O)O)C1=NNc1ccc(-c2ccc(NN=C3C=CC(=O)C=C3)cc2)cc1. The normalized spacial score (nSPS) is 17.1. The number of fused-ring (bicyclic) bond motifs is 1. The second-order valence-electron chi connectivity index (χ2n) is 11.1. The van der Waals surface area contributed by atoms with Crippen molar-refractivity contribution >= 4 is 60.7 Å². The first-order valence-corrected chi connectivity index (χ1v) is 17.9. The van der Waals surface area contributed by atoms with Crippen LogP contribution in [0.4, 0.5) is 11.4 Å². The summed E-state index contributed by atoms with van der Waals surface area (Å²) in [5.41, 5.74) is 14.1. The van der Waals surface area contributed by atoms with E-state index >= 15 is 0 Å². The van der Waals surface area contributed by atoms with Crippen molar-refractivity contribution in [2.24, 2.45) is 15.9 Å². The fourth-order valence-corrected chi connectivity index (χ4v) is 6.58. The van der Waals surface area contributed by atoms with Crippen molar-refractivity contribution in [2.75, 3.05) is 10.9 Å². The number of ketones is 2. The smallest absolute Gasteiger partial charge is 0.296 e. The van der Waals surface area contributed by atoms with Crippen LogP contribution >= 0.6 is 0 Å². The Labute approximate surface area is 292 Å². The van der Waals surface area contributed by atoms with Crippen LogP contribution in [0.2, 0.25) is 0 Å². The molecular weight excluding hydrogens is 695 g/mol. The zero-order valence-corrected chi connectivity index (χ0v) is 27.9. The molecule has 3 aliphatic carbocycles. The quantitative estimate of drug-likeness (QED) is 0.113. The minimum absolute atomic E-state index is 0.104. The maximum absolute atomic E-state index is 13.7. The summed E-state index contributed by atoms with van der Waals surface area (Å²) < 4.78 is 69.5. The van der Waals surface area contributed by atoms with Gasteiger partial charge in [-0.15, -0.1) is 0 Å². The molecule has 0 radical (unpaired) electrons. The molecule has 3 aromatic rings. The fourth-order valence-electron chi connectivity index (χ4n) is 5.19. The molecule has 3 aromatic carbocycles. The number of hydrogen-bond donors (Lipinski definition) is 5. The number of rotatable bonds is 9. The molecule has 0 fully saturated rings. The Balaban J connectivity index is 1.26.